The van der Waals surface area contributed by atoms with Gasteiger partial charge in [0.2, 0.25) is 0 Å². The van der Waals surface area contributed by atoms with Gasteiger partial charge in [0.05, 0.1) is 0 Å². The Morgan fingerprint density at radius 1 is 1.00 bits per heavy atom. The average Bonchev–Trinajstić information content (AvgIpc) is 2.47. The van der Waals surface area contributed by atoms with Crippen LogP contribution < -0.4 is 4.74 Å². The lowest BCUT2D eigenvalue weighted by molar-refractivity contribution is -0.134. The SMILES string of the molecule is CC(C)(C)c1ccc(CCC(=O)Oc2ccc(F)cc2)cc1. The van der Waals surface area contributed by atoms with E-state index in [1.54, 1.807) is 0 Å². The van der Waals surface area contributed by atoms with E-state index >= 15 is 0 Å². The zero-order valence-electron chi connectivity index (χ0n) is 13.2. The summed E-state index contributed by atoms with van der Waals surface area (Å²) >= 11 is 0. The number of carbonyl (C=O) groups excluding carboxylic acids is 1. The van der Waals surface area contributed by atoms with Crippen molar-refractivity contribution in [3.8, 4) is 5.75 Å². The maximum atomic E-state index is 12.8. The zero-order chi connectivity index (χ0) is 16.2. The first-order chi connectivity index (χ1) is 10.3. The second-order valence-corrected chi connectivity index (χ2v) is 6.37. The molecule has 22 heavy (non-hydrogen) atoms. The van der Waals surface area contributed by atoms with E-state index < -0.39 is 0 Å². The summed E-state index contributed by atoms with van der Waals surface area (Å²) in [6.45, 7) is 6.51. The summed E-state index contributed by atoms with van der Waals surface area (Å²) in [5, 5.41) is 0. The molecule has 0 amide bonds. The van der Waals surface area contributed by atoms with E-state index in [-0.39, 0.29) is 17.2 Å². The molecule has 0 radical (unpaired) electrons. The third-order valence-corrected chi connectivity index (χ3v) is 3.48. The third kappa shape index (κ3) is 4.69. The average molecular weight is 300 g/mol. The predicted molar refractivity (Wildman–Crippen MR) is 85.5 cm³/mol. The Balaban J connectivity index is 1.87. The second-order valence-electron chi connectivity index (χ2n) is 6.37. The van der Waals surface area contributed by atoms with E-state index in [0.717, 1.165) is 5.56 Å². The molecule has 3 heteroatoms. The minimum Gasteiger partial charge on any atom is -0.427 e. The highest BCUT2D eigenvalue weighted by molar-refractivity contribution is 5.72. The fourth-order valence-electron chi connectivity index (χ4n) is 2.10. The molecule has 2 nitrogen and oxygen atoms in total. The molecule has 0 bridgehead atoms. The van der Waals surface area contributed by atoms with Crippen LogP contribution in [0, 0.1) is 5.82 Å². The van der Waals surface area contributed by atoms with E-state index in [2.05, 4.69) is 32.9 Å². The smallest absolute Gasteiger partial charge is 0.311 e. The van der Waals surface area contributed by atoms with Crippen LogP contribution in [-0.2, 0) is 16.6 Å². The molecule has 0 spiro atoms. The van der Waals surface area contributed by atoms with Gasteiger partial charge in [-0.25, -0.2) is 4.39 Å². The van der Waals surface area contributed by atoms with E-state index in [1.807, 2.05) is 12.1 Å². The van der Waals surface area contributed by atoms with E-state index in [1.165, 1.54) is 29.8 Å². The Bertz CT molecular complexity index is 622. The highest BCUT2D eigenvalue weighted by atomic mass is 19.1. The van der Waals surface area contributed by atoms with Crippen molar-refractivity contribution < 1.29 is 13.9 Å². The summed E-state index contributed by atoms with van der Waals surface area (Å²) in [5.74, 6) is -0.292. The number of rotatable bonds is 4. The van der Waals surface area contributed by atoms with Gasteiger partial charge in [-0.05, 0) is 47.2 Å². The molecule has 0 atom stereocenters. The van der Waals surface area contributed by atoms with Crippen LogP contribution in [0.15, 0.2) is 48.5 Å². The van der Waals surface area contributed by atoms with Crippen LogP contribution in [0.2, 0.25) is 0 Å². The molecule has 0 saturated carbocycles. The van der Waals surface area contributed by atoms with Crippen molar-refractivity contribution in [1.29, 1.82) is 0 Å². The van der Waals surface area contributed by atoms with Crippen LogP contribution >= 0.6 is 0 Å². The molecule has 0 aromatic heterocycles. The number of carbonyl (C=O) groups is 1. The zero-order valence-corrected chi connectivity index (χ0v) is 13.2. The molecule has 0 aliphatic carbocycles. The molecule has 0 heterocycles. The van der Waals surface area contributed by atoms with Gasteiger partial charge in [0.15, 0.2) is 0 Å². The Morgan fingerprint density at radius 2 is 1.59 bits per heavy atom. The molecule has 2 aromatic carbocycles. The molecule has 2 aromatic rings. The van der Waals surface area contributed by atoms with Gasteiger partial charge < -0.3 is 4.74 Å². The van der Waals surface area contributed by atoms with Crippen molar-refractivity contribution in [3.05, 3.63) is 65.5 Å². The van der Waals surface area contributed by atoms with Gasteiger partial charge in [0, 0.05) is 6.42 Å². The van der Waals surface area contributed by atoms with Gasteiger partial charge in [0.1, 0.15) is 11.6 Å². The number of ether oxygens (including phenoxy) is 1. The Labute approximate surface area is 130 Å². The lowest BCUT2D eigenvalue weighted by Gasteiger charge is -2.19. The first-order valence-corrected chi connectivity index (χ1v) is 7.40. The lowest BCUT2D eigenvalue weighted by atomic mass is 9.86. The van der Waals surface area contributed by atoms with Crippen LogP contribution in [-0.4, -0.2) is 5.97 Å². The number of halogens is 1. The van der Waals surface area contributed by atoms with Crippen molar-refractivity contribution in [2.24, 2.45) is 0 Å². The summed E-state index contributed by atoms with van der Waals surface area (Å²) in [5.41, 5.74) is 2.49. The van der Waals surface area contributed by atoms with Gasteiger partial charge in [-0.1, -0.05) is 45.0 Å². The molecule has 0 aliphatic rings. The largest absolute Gasteiger partial charge is 0.427 e. The molecule has 0 aliphatic heterocycles. The van der Waals surface area contributed by atoms with E-state index in [0.29, 0.717) is 18.6 Å². The van der Waals surface area contributed by atoms with Gasteiger partial charge >= 0.3 is 5.97 Å². The molecule has 116 valence electrons. The standard InChI is InChI=1S/C19H21FO2/c1-19(2,3)15-7-4-14(5-8-15)6-13-18(21)22-17-11-9-16(20)10-12-17/h4-5,7-12H,6,13H2,1-3H3. The second kappa shape index (κ2) is 6.73. The molecule has 0 N–H and O–H groups in total. The van der Waals surface area contributed by atoms with Crippen LogP contribution in [0.5, 0.6) is 5.75 Å². The maximum Gasteiger partial charge on any atom is 0.311 e. The Hall–Kier alpha value is -2.16. The summed E-state index contributed by atoms with van der Waals surface area (Å²) in [7, 11) is 0. The summed E-state index contributed by atoms with van der Waals surface area (Å²) in [6.07, 6.45) is 0.927. The van der Waals surface area contributed by atoms with Gasteiger partial charge in [-0.15, -0.1) is 0 Å². The predicted octanol–water partition coefficient (Wildman–Crippen LogP) is 4.66. The highest BCUT2D eigenvalue weighted by Crippen LogP contribution is 2.22. The summed E-state index contributed by atoms with van der Waals surface area (Å²) in [4.78, 5) is 11.8. The lowest BCUT2D eigenvalue weighted by Crippen LogP contribution is -2.11. The molecule has 2 rings (SSSR count). The van der Waals surface area contributed by atoms with Crippen molar-refractivity contribution in [3.63, 3.8) is 0 Å². The van der Waals surface area contributed by atoms with Crippen molar-refractivity contribution in [1.82, 2.24) is 0 Å². The normalized spacial score (nSPS) is 11.3. The first kappa shape index (κ1) is 16.2. The van der Waals surface area contributed by atoms with Crippen molar-refractivity contribution >= 4 is 5.97 Å². The first-order valence-electron chi connectivity index (χ1n) is 7.40. The molecule has 0 unspecified atom stereocenters. The van der Waals surface area contributed by atoms with E-state index in [9.17, 15) is 9.18 Å². The fourth-order valence-corrected chi connectivity index (χ4v) is 2.10. The Morgan fingerprint density at radius 3 is 2.14 bits per heavy atom. The number of hydrogen-bond donors (Lipinski definition) is 0. The number of hydrogen-bond acceptors (Lipinski definition) is 2. The maximum absolute atomic E-state index is 12.8. The van der Waals surface area contributed by atoms with Crippen molar-refractivity contribution in [2.75, 3.05) is 0 Å². The quantitative estimate of drug-likeness (QED) is 0.606. The molecule has 0 saturated heterocycles. The Kier molecular flexibility index (Phi) is 4.96. The van der Waals surface area contributed by atoms with Crippen LogP contribution in [0.3, 0.4) is 0 Å². The van der Waals surface area contributed by atoms with Crippen molar-refractivity contribution in [2.45, 2.75) is 39.0 Å². The van der Waals surface area contributed by atoms with E-state index in [4.69, 9.17) is 4.74 Å². The monoisotopic (exact) mass is 300 g/mol. The van der Waals surface area contributed by atoms with Crippen LogP contribution in [0.25, 0.3) is 0 Å². The fraction of sp³-hybridized carbons (Fsp3) is 0.316. The number of benzene rings is 2. The minimum atomic E-state index is -0.348. The van der Waals surface area contributed by atoms with Crippen LogP contribution in [0.1, 0.15) is 38.3 Å². The van der Waals surface area contributed by atoms with Crippen LogP contribution in [0.4, 0.5) is 4.39 Å². The highest BCUT2D eigenvalue weighted by Gasteiger charge is 2.13. The molecule has 0 fully saturated rings. The minimum absolute atomic E-state index is 0.125. The topological polar surface area (TPSA) is 26.3 Å². The molecular weight excluding hydrogens is 279 g/mol. The van der Waals surface area contributed by atoms with Gasteiger partial charge in [0.25, 0.3) is 0 Å². The summed E-state index contributed by atoms with van der Waals surface area (Å²) < 4.78 is 17.9. The summed E-state index contributed by atoms with van der Waals surface area (Å²) in [6, 6.07) is 13.7. The van der Waals surface area contributed by atoms with Gasteiger partial charge in [-0.2, -0.15) is 0 Å². The number of esters is 1. The number of aryl methyl sites for hydroxylation is 1. The third-order valence-electron chi connectivity index (χ3n) is 3.48. The van der Waals surface area contributed by atoms with Gasteiger partial charge in [-0.3, -0.25) is 4.79 Å². The molecular formula is C19H21FO2.